The summed E-state index contributed by atoms with van der Waals surface area (Å²) in [6.07, 6.45) is 1.90. The summed E-state index contributed by atoms with van der Waals surface area (Å²) in [5.41, 5.74) is 1.10. The summed E-state index contributed by atoms with van der Waals surface area (Å²) in [7, 11) is -3.33. The lowest BCUT2D eigenvalue weighted by Crippen LogP contribution is -2.47. The van der Waals surface area contributed by atoms with E-state index in [-0.39, 0.29) is 5.91 Å². The maximum absolute atomic E-state index is 12.5. The number of hydrogen-bond acceptors (Lipinski definition) is 4. The predicted octanol–water partition coefficient (Wildman–Crippen LogP) is 1.14. The van der Waals surface area contributed by atoms with E-state index in [1.165, 1.54) is 0 Å². The Morgan fingerprint density at radius 1 is 0.958 bits per heavy atom. The molecule has 3 rings (SSSR count). The van der Waals surface area contributed by atoms with Gasteiger partial charge in [-0.25, -0.2) is 8.42 Å². The average molecular weight is 351 g/mol. The van der Waals surface area contributed by atoms with Crippen molar-refractivity contribution < 1.29 is 13.2 Å². The fourth-order valence-electron chi connectivity index (χ4n) is 3.32. The maximum Gasteiger partial charge on any atom is 0.243 e. The summed E-state index contributed by atoms with van der Waals surface area (Å²) in [5, 5.41) is 0. The molecule has 7 heteroatoms. The zero-order chi connectivity index (χ0) is 17.2. The smallest absolute Gasteiger partial charge is 0.243 e. The van der Waals surface area contributed by atoms with Crippen LogP contribution in [-0.2, 0) is 21.4 Å². The van der Waals surface area contributed by atoms with E-state index >= 15 is 0 Å². The van der Waals surface area contributed by atoms with Crippen molar-refractivity contribution >= 4 is 15.9 Å². The highest BCUT2D eigenvalue weighted by Gasteiger charge is 2.27. The van der Waals surface area contributed by atoms with Crippen molar-refractivity contribution in [3.8, 4) is 0 Å². The molecule has 2 saturated heterocycles. The molecule has 132 valence electrons. The first kappa shape index (κ1) is 17.4. The third kappa shape index (κ3) is 3.79. The Balaban J connectivity index is 1.60. The molecule has 0 N–H and O–H groups in total. The van der Waals surface area contributed by atoms with Crippen LogP contribution in [0.25, 0.3) is 0 Å². The molecule has 24 heavy (non-hydrogen) atoms. The third-order valence-electron chi connectivity index (χ3n) is 4.85. The first-order valence-electron chi connectivity index (χ1n) is 8.54. The minimum Gasteiger partial charge on any atom is -0.340 e. The standard InChI is InChI=1S/C17H25N3O3S/c1-15(21)19-12-10-18(11-13-19)14-16-4-6-17(7-5-16)24(22,23)20-8-2-3-9-20/h4-7H,2-3,8-14H2,1H3. The first-order valence-corrected chi connectivity index (χ1v) is 9.98. The fourth-order valence-corrected chi connectivity index (χ4v) is 4.84. The second kappa shape index (κ2) is 7.21. The van der Waals surface area contributed by atoms with Crippen molar-refractivity contribution in [1.82, 2.24) is 14.1 Å². The SMILES string of the molecule is CC(=O)N1CCN(Cc2ccc(S(=O)(=O)N3CCCC3)cc2)CC1. The molecule has 0 aromatic heterocycles. The second-order valence-electron chi connectivity index (χ2n) is 6.54. The number of nitrogens with zero attached hydrogens (tertiary/aromatic N) is 3. The second-order valence-corrected chi connectivity index (χ2v) is 8.48. The van der Waals surface area contributed by atoms with Crippen LogP contribution >= 0.6 is 0 Å². The van der Waals surface area contributed by atoms with Crippen LogP contribution in [0.1, 0.15) is 25.3 Å². The molecule has 0 radical (unpaired) electrons. The van der Waals surface area contributed by atoms with Gasteiger partial charge in [0.1, 0.15) is 0 Å². The lowest BCUT2D eigenvalue weighted by molar-refractivity contribution is -0.130. The zero-order valence-corrected chi connectivity index (χ0v) is 15.0. The van der Waals surface area contributed by atoms with Crippen LogP contribution in [0, 0.1) is 0 Å². The topological polar surface area (TPSA) is 60.9 Å². The molecule has 0 unspecified atom stereocenters. The Hall–Kier alpha value is -1.44. The Labute approximate surface area is 144 Å². The van der Waals surface area contributed by atoms with Crippen molar-refractivity contribution in [2.45, 2.75) is 31.2 Å². The number of amides is 1. The van der Waals surface area contributed by atoms with Gasteiger partial charge in [0.05, 0.1) is 4.90 Å². The van der Waals surface area contributed by atoms with Gasteiger partial charge in [0.15, 0.2) is 0 Å². The van der Waals surface area contributed by atoms with Crippen LogP contribution < -0.4 is 0 Å². The predicted molar refractivity (Wildman–Crippen MR) is 92.0 cm³/mol. The molecule has 2 aliphatic heterocycles. The fraction of sp³-hybridized carbons (Fsp3) is 0.588. The minimum absolute atomic E-state index is 0.131. The highest BCUT2D eigenvalue weighted by atomic mass is 32.2. The van der Waals surface area contributed by atoms with Gasteiger partial charge >= 0.3 is 0 Å². The summed E-state index contributed by atoms with van der Waals surface area (Å²) in [6.45, 7) is 6.88. The molecular formula is C17H25N3O3S. The molecular weight excluding hydrogens is 326 g/mol. The molecule has 1 aromatic rings. The Morgan fingerprint density at radius 2 is 1.54 bits per heavy atom. The molecule has 1 amide bonds. The van der Waals surface area contributed by atoms with Gasteiger partial charge in [-0.1, -0.05) is 12.1 Å². The molecule has 0 bridgehead atoms. The van der Waals surface area contributed by atoms with Crippen LogP contribution in [0.5, 0.6) is 0 Å². The van der Waals surface area contributed by atoms with Crippen molar-refractivity contribution in [2.75, 3.05) is 39.3 Å². The van der Waals surface area contributed by atoms with E-state index in [1.807, 2.05) is 17.0 Å². The first-order chi connectivity index (χ1) is 11.5. The van der Waals surface area contributed by atoms with Gasteiger partial charge in [-0.3, -0.25) is 9.69 Å². The lowest BCUT2D eigenvalue weighted by atomic mass is 10.2. The van der Waals surface area contributed by atoms with Gasteiger partial charge in [0.25, 0.3) is 0 Å². The molecule has 2 fully saturated rings. The van der Waals surface area contributed by atoms with Crippen LogP contribution in [0.15, 0.2) is 29.2 Å². The minimum atomic E-state index is -3.33. The van der Waals surface area contributed by atoms with Gasteiger partial charge in [-0.2, -0.15) is 4.31 Å². The number of benzene rings is 1. The van der Waals surface area contributed by atoms with Gasteiger partial charge in [0.2, 0.25) is 15.9 Å². The molecule has 0 aliphatic carbocycles. The number of piperazine rings is 1. The van der Waals surface area contributed by atoms with E-state index in [0.717, 1.165) is 51.1 Å². The van der Waals surface area contributed by atoms with Crippen molar-refractivity contribution in [2.24, 2.45) is 0 Å². The van der Waals surface area contributed by atoms with Crippen molar-refractivity contribution in [3.05, 3.63) is 29.8 Å². The molecule has 0 atom stereocenters. The highest BCUT2D eigenvalue weighted by Crippen LogP contribution is 2.21. The monoisotopic (exact) mass is 351 g/mol. The molecule has 2 heterocycles. The van der Waals surface area contributed by atoms with E-state index in [9.17, 15) is 13.2 Å². The maximum atomic E-state index is 12.5. The third-order valence-corrected chi connectivity index (χ3v) is 6.76. The van der Waals surface area contributed by atoms with Crippen LogP contribution in [0.4, 0.5) is 0 Å². The summed E-state index contributed by atoms with van der Waals surface area (Å²) < 4.78 is 26.6. The summed E-state index contributed by atoms with van der Waals surface area (Å²) >= 11 is 0. The Kier molecular flexibility index (Phi) is 5.22. The van der Waals surface area contributed by atoms with Gasteiger partial charge in [-0.15, -0.1) is 0 Å². The van der Waals surface area contributed by atoms with Crippen LogP contribution in [-0.4, -0.2) is 67.7 Å². The van der Waals surface area contributed by atoms with E-state index in [4.69, 9.17) is 0 Å². The van der Waals surface area contributed by atoms with E-state index in [1.54, 1.807) is 23.4 Å². The molecule has 0 saturated carbocycles. The van der Waals surface area contributed by atoms with Gasteiger partial charge < -0.3 is 4.90 Å². The number of carbonyl (C=O) groups excluding carboxylic acids is 1. The quantitative estimate of drug-likeness (QED) is 0.816. The van der Waals surface area contributed by atoms with E-state index in [2.05, 4.69) is 4.90 Å². The summed E-state index contributed by atoms with van der Waals surface area (Å²) in [5.74, 6) is 0.131. The lowest BCUT2D eigenvalue weighted by Gasteiger charge is -2.34. The normalized spacial score (nSPS) is 20.5. The Morgan fingerprint density at radius 3 is 2.08 bits per heavy atom. The van der Waals surface area contributed by atoms with Gasteiger partial charge in [0, 0.05) is 52.7 Å². The van der Waals surface area contributed by atoms with Crippen LogP contribution in [0.2, 0.25) is 0 Å². The molecule has 6 nitrogen and oxygen atoms in total. The Bertz CT molecular complexity index is 674. The van der Waals surface area contributed by atoms with Crippen LogP contribution in [0.3, 0.4) is 0 Å². The zero-order valence-electron chi connectivity index (χ0n) is 14.1. The number of rotatable bonds is 4. The molecule has 1 aromatic carbocycles. The average Bonchev–Trinajstić information content (AvgIpc) is 3.11. The molecule has 2 aliphatic rings. The van der Waals surface area contributed by atoms with Crippen molar-refractivity contribution in [1.29, 1.82) is 0 Å². The largest absolute Gasteiger partial charge is 0.340 e. The summed E-state index contributed by atoms with van der Waals surface area (Å²) in [4.78, 5) is 15.9. The highest BCUT2D eigenvalue weighted by molar-refractivity contribution is 7.89. The van der Waals surface area contributed by atoms with E-state index < -0.39 is 10.0 Å². The van der Waals surface area contributed by atoms with Crippen molar-refractivity contribution in [3.63, 3.8) is 0 Å². The number of hydrogen-bond donors (Lipinski definition) is 0. The molecule has 0 spiro atoms. The van der Waals surface area contributed by atoms with E-state index in [0.29, 0.717) is 18.0 Å². The number of sulfonamides is 1. The number of carbonyl (C=O) groups is 1. The summed E-state index contributed by atoms with van der Waals surface area (Å²) in [6, 6.07) is 7.24. The van der Waals surface area contributed by atoms with Gasteiger partial charge in [-0.05, 0) is 30.5 Å².